The first-order valence-corrected chi connectivity index (χ1v) is 12.9. The summed E-state index contributed by atoms with van der Waals surface area (Å²) in [7, 11) is -1.86. The van der Waals surface area contributed by atoms with Gasteiger partial charge in [0.25, 0.3) is 0 Å². The Morgan fingerprint density at radius 3 is 2.64 bits per heavy atom. The molecule has 2 heterocycles. The van der Waals surface area contributed by atoms with E-state index in [1.54, 1.807) is 54.7 Å². The van der Waals surface area contributed by atoms with Crippen LogP contribution in [0.1, 0.15) is 24.2 Å². The summed E-state index contributed by atoms with van der Waals surface area (Å²) < 4.78 is 36.9. The van der Waals surface area contributed by atoms with Crippen molar-refractivity contribution >= 4 is 42.4 Å². The standard InChI is InChI=1S/C24H24N2O5S2/c1-17-7-10-20(11-8-17)33(28,29)14-4-6-23(27)26(16-19-5-3-13-31-19)24-25-21-12-9-18(30-2)15-22(21)32-24/h3,5,7-13,15H,4,6,14,16H2,1-2H3. The van der Waals surface area contributed by atoms with E-state index in [-0.39, 0.29) is 35.9 Å². The van der Waals surface area contributed by atoms with Gasteiger partial charge in [0.2, 0.25) is 5.91 Å². The minimum absolute atomic E-state index is 0.0745. The smallest absolute Gasteiger partial charge is 0.229 e. The minimum Gasteiger partial charge on any atom is -0.497 e. The van der Waals surface area contributed by atoms with Crippen LogP contribution in [0.3, 0.4) is 0 Å². The maximum absolute atomic E-state index is 13.2. The summed E-state index contributed by atoms with van der Waals surface area (Å²) in [6.45, 7) is 2.12. The molecule has 0 bridgehead atoms. The fourth-order valence-corrected chi connectivity index (χ4v) is 5.69. The van der Waals surface area contributed by atoms with Crippen LogP contribution in [0.15, 0.2) is 70.2 Å². The van der Waals surface area contributed by atoms with Gasteiger partial charge in [0.05, 0.1) is 40.8 Å². The highest BCUT2D eigenvalue weighted by atomic mass is 32.2. The molecule has 4 rings (SSSR count). The monoisotopic (exact) mass is 484 g/mol. The second-order valence-electron chi connectivity index (χ2n) is 7.62. The highest BCUT2D eigenvalue weighted by Gasteiger charge is 2.23. The van der Waals surface area contributed by atoms with Crippen LogP contribution in [0.2, 0.25) is 0 Å². The quantitative estimate of drug-likeness (QED) is 0.332. The van der Waals surface area contributed by atoms with Crippen molar-refractivity contribution < 1.29 is 22.4 Å². The van der Waals surface area contributed by atoms with Crippen molar-refractivity contribution in [2.75, 3.05) is 17.8 Å². The number of hydrogen-bond donors (Lipinski definition) is 0. The Morgan fingerprint density at radius 2 is 1.94 bits per heavy atom. The summed E-state index contributed by atoms with van der Waals surface area (Å²) in [5, 5.41) is 0.529. The number of sulfone groups is 1. The number of anilines is 1. The second kappa shape index (κ2) is 9.76. The fourth-order valence-electron chi connectivity index (χ4n) is 3.37. The van der Waals surface area contributed by atoms with E-state index in [1.807, 2.05) is 25.1 Å². The largest absolute Gasteiger partial charge is 0.497 e. The lowest BCUT2D eigenvalue weighted by Gasteiger charge is -2.18. The van der Waals surface area contributed by atoms with E-state index in [4.69, 9.17) is 9.15 Å². The molecule has 0 aliphatic rings. The molecule has 4 aromatic rings. The van der Waals surface area contributed by atoms with E-state index in [2.05, 4.69) is 4.98 Å². The van der Waals surface area contributed by atoms with Crippen molar-refractivity contribution in [1.82, 2.24) is 4.98 Å². The number of nitrogens with zero attached hydrogens (tertiary/aromatic N) is 2. The van der Waals surface area contributed by atoms with Crippen molar-refractivity contribution in [2.45, 2.75) is 31.2 Å². The molecule has 0 spiro atoms. The van der Waals surface area contributed by atoms with Crippen molar-refractivity contribution in [1.29, 1.82) is 0 Å². The Hall–Kier alpha value is -3.17. The minimum atomic E-state index is -3.46. The molecule has 0 aliphatic heterocycles. The molecule has 9 heteroatoms. The predicted octanol–water partition coefficient (Wildman–Crippen LogP) is 4.99. The zero-order valence-electron chi connectivity index (χ0n) is 18.4. The van der Waals surface area contributed by atoms with Crippen molar-refractivity contribution in [3.8, 4) is 5.75 Å². The molecule has 1 amide bonds. The summed E-state index contributed by atoms with van der Waals surface area (Å²) in [6.07, 6.45) is 1.84. The predicted molar refractivity (Wildman–Crippen MR) is 129 cm³/mol. The molecule has 7 nitrogen and oxygen atoms in total. The molecular formula is C24H24N2O5S2. The molecule has 2 aromatic carbocycles. The van der Waals surface area contributed by atoms with Crippen LogP contribution in [0.4, 0.5) is 5.13 Å². The van der Waals surface area contributed by atoms with Gasteiger partial charge >= 0.3 is 0 Å². The van der Waals surface area contributed by atoms with Gasteiger partial charge in [-0.3, -0.25) is 9.69 Å². The van der Waals surface area contributed by atoms with E-state index >= 15 is 0 Å². The molecule has 0 fully saturated rings. The number of hydrogen-bond acceptors (Lipinski definition) is 7. The molecule has 0 saturated carbocycles. The van der Waals surface area contributed by atoms with Crippen LogP contribution < -0.4 is 9.64 Å². The molecule has 0 aliphatic carbocycles. The van der Waals surface area contributed by atoms with E-state index in [0.717, 1.165) is 15.8 Å². The number of carbonyl (C=O) groups is 1. The van der Waals surface area contributed by atoms with Gasteiger partial charge in [-0.2, -0.15) is 0 Å². The molecule has 0 unspecified atom stereocenters. The van der Waals surface area contributed by atoms with Crippen LogP contribution in [0.5, 0.6) is 5.75 Å². The Labute approximate surface area is 196 Å². The van der Waals surface area contributed by atoms with Crippen LogP contribution in [-0.2, 0) is 21.2 Å². The number of benzene rings is 2. The third-order valence-electron chi connectivity index (χ3n) is 5.19. The van der Waals surface area contributed by atoms with Crippen LogP contribution in [0.25, 0.3) is 10.2 Å². The first kappa shape index (κ1) is 23.0. The Balaban J connectivity index is 1.51. The number of thiazole rings is 1. The number of furan rings is 1. The molecule has 2 aromatic heterocycles. The normalized spacial score (nSPS) is 11.6. The zero-order chi connectivity index (χ0) is 23.4. The van der Waals surface area contributed by atoms with Gasteiger partial charge in [0, 0.05) is 6.42 Å². The van der Waals surface area contributed by atoms with Crippen LogP contribution in [-0.4, -0.2) is 32.2 Å². The number of ether oxygens (including phenoxy) is 1. The number of amides is 1. The van der Waals surface area contributed by atoms with Crippen LogP contribution >= 0.6 is 11.3 Å². The van der Waals surface area contributed by atoms with Crippen molar-refractivity contribution in [3.05, 3.63) is 72.2 Å². The van der Waals surface area contributed by atoms with Gasteiger partial charge in [-0.25, -0.2) is 13.4 Å². The average Bonchev–Trinajstić information content (AvgIpc) is 3.46. The summed E-state index contributed by atoms with van der Waals surface area (Å²) >= 11 is 1.38. The van der Waals surface area contributed by atoms with Gasteiger partial charge in [0.1, 0.15) is 11.5 Å². The first-order valence-electron chi connectivity index (χ1n) is 10.4. The van der Waals surface area contributed by atoms with Crippen molar-refractivity contribution in [2.24, 2.45) is 0 Å². The lowest BCUT2D eigenvalue weighted by atomic mass is 10.2. The number of aryl methyl sites for hydroxylation is 1. The molecule has 0 atom stereocenters. The Kier molecular flexibility index (Phi) is 6.80. The van der Waals surface area contributed by atoms with E-state index in [9.17, 15) is 13.2 Å². The van der Waals surface area contributed by atoms with E-state index in [1.165, 1.54) is 11.3 Å². The number of aromatic nitrogens is 1. The van der Waals surface area contributed by atoms with Crippen LogP contribution in [0, 0.1) is 6.92 Å². The van der Waals surface area contributed by atoms with E-state index < -0.39 is 9.84 Å². The SMILES string of the molecule is COc1ccc2nc(N(Cc3ccco3)C(=O)CCCS(=O)(=O)c3ccc(C)cc3)sc2c1. The van der Waals surface area contributed by atoms with Gasteiger partial charge in [0.15, 0.2) is 15.0 Å². The summed E-state index contributed by atoms with van der Waals surface area (Å²) in [5.41, 5.74) is 1.75. The fraction of sp³-hybridized carbons (Fsp3) is 0.250. The third-order valence-corrected chi connectivity index (χ3v) is 8.05. The number of fused-ring (bicyclic) bond motifs is 1. The maximum Gasteiger partial charge on any atom is 0.229 e. The van der Waals surface area contributed by atoms with Gasteiger partial charge in [-0.1, -0.05) is 29.0 Å². The number of carbonyl (C=O) groups excluding carboxylic acids is 1. The summed E-state index contributed by atoms with van der Waals surface area (Å²) in [5.74, 6) is 1.01. The lowest BCUT2D eigenvalue weighted by Crippen LogP contribution is -2.30. The second-order valence-corrected chi connectivity index (χ2v) is 10.7. The van der Waals surface area contributed by atoms with Gasteiger partial charge in [-0.15, -0.1) is 0 Å². The highest BCUT2D eigenvalue weighted by Crippen LogP contribution is 2.32. The highest BCUT2D eigenvalue weighted by molar-refractivity contribution is 7.91. The lowest BCUT2D eigenvalue weighted by molar-refractivity contribution is -0.118. The third kappa shape index (κ3) is 5.43. The van der Waals surface area contributed by atoms with Gasteiger partial charge < -0.3 is 9.15 Å². The zero-order valence-corrected chi connectivity index (χ0v) is 20.0. The molecule has 0 radical (unpaired) electrons. The maximum atomic E-state index is 13.2. The summed E-state index contributed by atoms with van der Waals surface area (Å²) in [4.78, 5) is 19.6. The number of rotatable bonds is 9. The molecule has 0 saturated heterocycles. The molecule has 0 N–H and O–H groups in total. The molecule has 33 heavy (non-hydrogen) atoms. The van der Waals surface area contributed by atoms with E-state index in [0.29, 0.717) is 16.6 Å². The summed E-state index contributed by atoms with van der Waals surface area (Å²) in [6, 6.07) is 15.8. The average molecular weight is 485 g/mol. The topological polar surface area (TPSA) is 89.7 Å². The Morgan fingerprint density at radius 1 is 1.15 bits per heavy atom. The first-order chi connectivity index (χ1) is 15.9. The molecular weight excluding hydrogens is 460 g/mol. The molecule has 172 valence electrons. The van der Waals surface area contributed by atoms with Crippen molar-refractivity contribution in [3.63, 3.8) is 0 Å². The Bertz CT molecular complexity index is 1340. The van der Waals surface area contributed by atoms with Gasteiger partial charge in [-0.05, 0) is 55.8 Å². The number of methoxy groups -OCH3 is 1.